The molecule has 0 amide bonds. The Morgan fingerprint density at radius 3 is 2.89 bits per heavy atom. The van der Waals surface area contributed by atoms with E-state index in [2.05, 4.69) is 32.4 Å². The van der Waals surface area contributed by atoms with Crippen LogP contribution in [0.1, 0.15) is 12.0 Å². The minimum atomic E-state index is 0.243. The van der Waals surface area contributed by atoms with Crippen LogP contribution in [0.25, 0.3) is 21.7 Å². The van der Waals surface area contributed by atoms with Crippen molar-refractivity contribution in [1.29, 1.82) is 0 Å². The molecule has 142 valence electrons. The molecule has 0 aliphatic rings. The highest BCUT2D eigenvalue weighted by Crippen LogP contribution is 2.34. The number of phenols is 1. The molecule has 0 aliphatic heterocycles. The molecule has 0 radical (unpaired) electrons. The van der Waals surface area contributed by atoms with Gasteiger partial charge in [-0.2, -0.15) is 0 Å². The number of aromatic hydroxyl groups is 1. The van der Waals surface area contributed by atoms with E-state index in [-0.39, 0.29) is 5.75 Å². The van der Waals surface area contributed by atoms with Gasteiger partial charge in [-0.25, -0.2) is 9.97 Å². The summed E-state index contributed by atoms with van der Waals surface area (Å²) in [5.74, 6) is 1.06. The molecule has 0 saturated heterocycles. The summed E-state index contributed by atoms with van der Waals surface area (Å²) in [5, 5.41) is 15.9. The fourth-order valence-corrected chi connectivity index (χ4v) is 3.81. The van der Waals surface area contributed by atoms with Crippen LogP contribution in [0.15, 0.2) is 66.6 Å². The third-order valence-electron chi connectivity index (χ3n) is 4.52. The predicted octanol–water partition coefficient (Wildman–Crippen LogP) is 5.19. The van der Waals surface area contributed by atoms with Crippen molar-refractivity contribution in [1.82, 2.24) is 14.5 Å². The van der Waals surface area contributed by atoms with Crippen molar-refractivity contribution in [2.24, 2.45) is 0 Å². The highest BCUT2D eigenvalue weighted by Gasteiger charge is 2.11. The molecule has 0 atom stereocenters. The lowest BCUT2D eigenvalue weighted by Crippen LogP contribution is -2.07. The molecule has 0 bridgehead atoms. The molecule has 0 unspecified atom stereocenters. The number of thiophene rings is 1. The average Bonchev–Trinajstić information content (AvgIpc) is 3.41. The van der Waals surface area contributed by atoms with Gasteiger partial charge in [0.25, 0.3) is 0 Å². The number of nitrogens with zero attached hydrogens (tertiary/aromatic N) is 3. The molecule has 6 heteroatoms. The van der Waals surface area contributed by atoms with Crippen LogP contribution in [0.4, 0.5) is 5.82 Å². The maximum atomic E-state index is 10.4. The zero-order chi connectivity index (χ0) is 19.3. The molecule has 4 aromatic rings. The van der Waals surface area contributed by atoms with Gasteiger partial charge in [-0.3, -0.25) is 0 Å². The summed E-state index contributed by atoms with van der Waals surface area (Å²) in [4.78, 5) is 10.0. The van der Waals surface area contributed by atoms with Gasteiger partial charge in [-0.15, -0.1) is 11.3 Å². The molecule has 0 fully saturated rings. The molecule has 0 aliphatic carbocycles. The van der Waals surface area contributed by atoms with E-state index >= 15 is 0 Å². The number of rotatable bonds is 7. The van der Waals surface area contributed by atoms with Crippen LogP contribution in [-0.2, 0) is 6.54 Å². The normalized spacial score (nSPS) is 10.9. The number of imidazole rings is 1. The largest absolute Gasteiger partial charge is 0.507 e. The summed E-state index contributed by atoms with van der Waals surface area (Å²) >= 11 is 1.69. The summed E-state index contributed by atoms with van der Waals surface area (Å²) in [5.41, 5.74) is 3.70. The molecule has 5 nitrogen and oxygen atoms in total. The van der Waals surface area contributed by atoms with Crippen molar-refractivity contribution in [3.05, 3.63) is 72.1 Å². The number of anilines is 1. The maximum Gasteiger partial charge on any atom is 0.127 e. The molecule has 0 spiro atoms. The van der Waals surface area contributed by atoms with E-state index in [1.165, 1.54) is 4.88 Å². The standard InChI is InChI=1S/C22H22N4OS/c1-16-5-6-20(27)18(12-16)19-13-17(21-4-2-11-28-21)14-22(25-19)24-7-3-9-26-10-8-23-15-26/h2,4-6,8,10-15,27H,3,7,9H2,1H3,(H,24,25). The molecular weight excluding hydrogens is 368 g/mol. The van der Waals surface area contributed by atoms with Gasteiger partial charge in [0, 0.05) is 35.9 Å². The second kappa shape index (κ2) is 8.27. The topological polar surface area (TPSA) is 63.0 Å². The Kier molecular flexibility index (Phi) is 5.39. The lowest BCUT2D eigenvalue weighted by Gasteiger charge is -2.12. The van der Waals surface area contributed by atoms with Gasteiger partial charge in [-0.05, 0) is 54.6 Å². The Bertz CT molecular complexity index is 1040. The number of aryl methyl sites for hydroxylation is 2. The lowest BCUT2D eigenvalue weighted by atomic mass is 10.0. The van der Waals surface area contributed by atoms with Gasteiger partial charge < -0.3 is 15.0 Å². The summed E-state index contributed by atoms with van der Waals surface area (Å²) in [6.07, 6.45) is 6.55. The molecule has 0 saturated carbocycles. The van der Waals surface area contributed by atoms with E-state index in [0.29, 0.717) is 0 Å². The maximum absolute atomic E-state index is 10.4. The quantitative estimate of drug-likeness (QED) is 0.426. The third-order valence-corrected chi connectivity index (χ3v) is 5.44. The second-order valence-electron chi connectivity index (χ2n) is 6.71. The number of aromatic nitrogens is 3. The summed E-state index contributed by atoms with van der Waals surface area (Å²) in [7, 11) is 0. The number of hydrogen-bond donors (Lipinski definition) is 2. The molecule has 2 N–H and O–H groups in total. The first-order chi connectivity index (χ1) is 13.7. The molecule has 28 heavy (non-hydrogen) atoms. The predicted molar refractivity (Wildman–Crippen MR) is 115 cm³/mol. The van der Waals surface area contributed by atoms with Crippen molar-refractivity contribution in [3.63, 3.8) is 0 Å². The summed E-state index contributed by atoms with van der Waals surface area (Å²) in [6, 6.07) is 13.8. The zero-order valence-electron chi connectivity index (χ0n) is 15.7. The van der Waals surface area contributed by atoms with E-state index in [0.717, 1.165) is 47.7 Å². The van der Waals surface area contributed by atoms with Crippen molar-refractivity contribution < 1.29 is 5.11 Å². The fourth-order valence-electron chi connectivity index (χ4n) is 3.10. The number of nitrogens with one attached hydrogen (secondary N) is 1. The van der Waals surface area contributed by atoms with E-state index < -0.39 is 0 Å². The number of pyridine rings is 1. The Morgan fingerprint density at radius 2 is 2.11 bits per heavy atom. The minimum Gasteiger partial charge on any atom is -0.507 e. The van der Waals surface area contributed by atoms with E-state index in [1.807, 2.05) is 43.7 Å². The van der Waals surface area contributed by atoms with Crippen molar-refractivity contribution in [2.75, 3.05) is 11.9 Å². The van der Waals surface area contributed by atoms with E-state index in [1.54, 1.807) is 23.6 Å². The van der Waals surface area contributed by atoms with Crippen LogP contribution in [0.2, 0.25) is 0 Å². The monoisotopic (exact) mass is 390 g/mol. The van der Waals surface area contributed by atoms with E-state index in [4.69, 9.17) is 4.98 Å². The van der Waals surface area contributed by atoms with Crippen LogP contribution >= 0.6 is 11.3 Å². The minimum absolute atomic E-state index is 0.243. The molecule has 4 rings (SSSR count). The average molecular weight is 391 g/mol. The van der Waals surface area contributed by atoms with Gasteiger partial charge >= 0.3 is 0 Å². The Morgan fingerprint density at radius 1 is 1.18 bits per heavy atom. The van der Waals surface area contributed by atoms with Crippen LogP contribution in [0.3, 0.4) is 0 Å². The van der Waals surface area contributed by atoms with Crippen LogP contribution in [0.5, 0.6) is 5.75 Å². The number of phenolic OH excluding ortho intramolecular Hbond substituents is 1. The number of hydrogen-bond acceptors (Lipinski definition) is 5. The number of benzene rings is 1. The van der Waals surface area contributed by atoms with Crippen molar-refractivity contribution in [2.45, 2.75) is 19.9 Å². The van der Waals surface area contributed by atoms with Gasteiger partial charge in [0.05, 0.1) is 12.0 Å². The first kappa shape index (κ1) is 18.3. The Hall–Kier alpha value is -3.12. The first-order valence-corrected chi connectivity index (χ1v) is 10.1. The molecule has 3 aromatic heterocycles. The Labute approximate surface area is 168 Å². The Balaban J connectivity index is 1.60. The second-order valence-corrected chi connectivity index (χ2v) is 7.65. The van der Waals surface area contributed by atoms with Crippen molar-refractivity contribution >= 4 is 17.2 Å². The van der Waals surface area contributed by atoms with Gasteiger partial charge in [0.2, 0.25) is 0 Å². The SMILES string of the molecule is Cc1ccc(O)c(-c2cc(-c3cccs3)cc(NCCCn3ccnc3)n2)c1. The lowest BCUT2D eigenvalue weighted by molar-refractivity contribution is 0.477. The first-order valence-electron chi connectivity index (χ1n) is 9.24. The third kappa shape index (κ3) is 4.23. The molecule has 3 heterocycles. The summed E-state index contributed by atoms with van der Waals surface area (Å²) < 4.78 is 2.06. The highest BCUT2D eigenvalue weighted by molar-refractivity contribution is 7.13. The van der Waals surface area contributed by atoms with Gasteiger partial charge in [0.1, 0.15) is 11.6 Å². The van der Waals surface area contributed by atoms with Crippen molar-refractivity contribution in [3.8, 4) is 27.4 Å². The fraction of sp³-hybridized carbons (Fsp3) is 0.182. The molecular formula is C22H22N4OS. The van der Waals surface area contributed by atoms with Crippen LogP contribution in [0, 0.1) is 6.92 Å². The van der Waals surface area contributed by atoms with Crippen LogP contribution < -0.4 is 5.32 Å². The highest BCUT2D eigenvalue weighted by atomic mass is 32.1. The van der Waals surface area contributed by atoms with Crippen LogP contribution in [-0.4, -0.2) is 26.2 Å². The molecule has 1 aromatic carbocycles. The summed E-state index contributed by atoms with van der Waals surface area (Å²) in [6.45, 7) is 3.72. The van der Waals surface area contributed by atoms with E-state index in [9.17, 15) is 5.11 Å². The smallest absolute Gasteiger partial charge is 0.127 e. The van der Waals surface area contributed by atoms with Gasteiger partial charge in [-0.1, -0.05) is 17.7 Å². The zero-order valence-corrected chi connectivity index (χ0v) is 16.5. The van der Waals surface area contributed by atoms with Gasteiger partial charge in [0.15, 0.2) is 0 Å².